The van der Waals surface area contributed by atoms with Crippen LogP contribution in [0, 0.1) is 17.8 Å². The third-order valence-corrected chi connectivity index (χ3v) is 3.97. The van der Waals surface area contributed by atoms with Crippen molar-refractivity contribution in [1.29, 1.82) is 0 Å². The van der Waals surface area contributed by atoms with Gasteiger partial charge >= 0.3 is 0 Å². The summed E-state index contributed by atoms with van der Waals surface area (Å²) in [5.41, 5.74) is 4.25. The molecule has 2 aromatic rings. The third kappa shape index (κ3) is 2.11. The molecule has 0 unspecified atom stereocenters. The van der Waals surface area contributed by atoms with Crippen molar-refractivity contribution in [1.82, 2.24) is 10.2 Å². The van der Waals surface area contributed by atoms with Crippen LogP contribution >= 0.6 is 23.6 Å². The number of nitrogens with zero attached hydrogens (tertiary/aromatic N) is 2. The lowest BCUT2D eigenvalue weighted by molar-refractivity contribution is -0.110. The Morgan fingerprint density at radius 3 is 2.74 bits per heavy atom. The normalized spacial score (nSPS) is 15.7. The Kier molecular flexibility index (Phi) is 2.79. The molecule has 1 aromatic heterocycles. The average molecular weight is 290 g/mol. The standard InChI is InChI=1S/C12H10N4OS2/c1-5-3-7-8(4-6(5)2)13-10(17)9(7)14-11-15-16-12(18)19-11/h3-4H,1-2H3,(H,16,18)(H,13,14,15,17). The van der Waals surface area contributed by atoms with Gasteiger partial charge in [0.2, 0.25) is 5.13 Å². The largest absolute Gasteiger partial charge is 0.320 e. The van der Waals surface area contributed by atoms with Crippen molar-refractivity contribution in [3.05, 3.63) is 32.8 Å². The van der Waals surface area contributed by atoms with E-state index in [4.69, 9.17) is 12.2 Å². The Hall–Kier alpha value is -1.86. The van der Waals surface area contributed by atoms with Gasteiger partial charge < -0.3 is 5.32 Å². The van der Waals surface area contributed by atoms with Crippen molar-refractivity contribution in [2.75, 3.05) is 5.32 Å². The molecule has 0 aliphatic carbocycles. The van der Waals surface area contributed by atoms with E-state index in [1.54, 1.807) is 0 Å². The Morgan fingerprint density at radius 2 is 2.05 bits per heavy atom. The topological polar surface area (TPSA) is 70.1 Å². The molecule has 1 amide bonds. The first kappa shape index (κ1) is 12.2. The second kappa shape index (κ2) is 4.36. The summed E-state index contributed by atoms with van der Waals surface area (Å²) in [4.78, 5) is 16.2. The van der Waals surface area contributed by atoms with E-state index in [0.717, 1.165) is 22.4 Å². The zero-order chi connectivity index (χ0) is 13.6. The molecule has 0 saturated carbocycles. The van der Waals surface area contributed by atoms with E-state index in [2.05, 4.69) is 20.5 Å². The van der Waals surface area contributed by atoms with E-state index in [9.17, 15) is 4.79 Å². The number of fused-ring (bicyclic) bond motifs is 1. The number of benzene rings is 1. The molecule has 5 nitrogen and oxygen atoms in total. The van der Waals surface area contributed by atoms with Crippen LogP contribution in [0.2, 0.25) is 0 Å². The van der Waals surface area contributed by atoms with Crippen molar-refractivity contribution >= 4 is 46.0 Å². The van der Waals surface area contributed by atoms with E-state index < -0.39 is 0 Å². The SMILES string of the molecule is Cc1cc2c(cc1C)/C(=N/c1n[nH]c(=S)s1)C(=O)N2. The van der Waals surface area contributed by atoms with E-state index in [-0.39, 0.29) is 5.91 Å². The molecule has 0 saturated heterocycles. The first-order chi connectivity index (χ1) is 9.04. The fourth-order valence-corrected chi connectivity index (χ4v) is 2.65. The molecule has 2 N–H and O–H groups in total. The number of nitrogens with one attached hydrogen (secondary N) is 2. The van der Waals surface area contributed by atoms with E-state index in [0.29, 0.717) is 14.8 Å². The van der Waals surface area contributed by atoms with Crippen LogP contribution in [-0.4, -0.2) is 21.8 Å². The number of aliphatic imine (C=N–C) groups is 1. The molecule has 2 heterocycles. The Balaban J connectivity index is 2.15. The first-order valence-electron chi connectivity index (χ1n) is 5.62. The van der Waals surface area contributed by atoms with Gasteiger partial charge in [0.1, 0.15) is 5.71 Å². The number of aromatic amines is 1. The summed E-state index contributed by atoms with van der Waals surface area (Å²) >= 11 is 6.19. The Bertz CT molecular complexity index is 772. The molecule has 3 rings (SSSR count). The van der Waals surface area contributed by atoms with Gasteiger partial charge in [-0.15, -0.1) is 5.10 Å². The van der Waals surface area contributed by atoms with Gasteiger partial charge in [-0.1, -0.05) is 11.3 Å². The van der Waals surface area contributed by atoms with Crippen LogP contribution in [0.5, 0.6) is 0 Å². The quantitative estimate of drug-likeness (QED) is 0.793. The highest BCUT2D eigenvalue weighted by Crippen LogP contribution is 2.29. The molecular weight excluding hydrogens is 280 g/mol. The summed E-state index contributed by atoms with van der Waals surface area (Å²) in [6.45, 7) is 4.02. The molecular formula is C12H10N4OS2. The van der Waals surface area contributed by atoms with Crippen molar-refractivity contribution < 1.29 is 4.79 Å². The number of hydrogen-bond acceptors (Lipinski definition) is 5. The summed E-state index contributed by atoms with van der Waals surface area (Å²) < 4.78 is 0.540. The molecule has 0 fully saturated rings. The van der Waals surface area contributed by atoms with Gasteiger partial charge in [-0.05, 0) is 49.3 Å². The number of H-pyrrole nitrogens is 1. The highest BCUT2D eigenvalue weighted by molar-refractivity contribution is 7.73. The smallest absolute Gasteiger partial charge is 0.275 e. The zero-order valence-corrected chi connectivity index (χ0v) is 11.9. The lowest BCUT2D eigenvalue weighted by Gasteiger charge is -2.03. The number of aryl methyl sites for hydroxylation is 2. The molecule has 0 bridgehead atoms. The van der Waals surface area contributed by atoms with E-state index in [1.165, 1.54) is 11.3 Å². The number of carbonyl (C=O) groups is 1. The second-order valence-electron chi connectivity index (χ2n) is 4.29. The lowest BCUT2D eigenvalue weighted by Crippen LogP contribution is -2.13. The Labute approximate surface area is 118 Å². The second-order valence-corrected chi connectivity index (χ2v) is 5.94. The van der Waals surface area contributed by atoms with Crippen molar-refractivity contribution in [2.45, 2.75) is 13.8 Å². The van der Waals surface area contributed by atoms with Crippen LogP contribution in [0.15, 0.2) is 17.1 Å². The zero-order valence-electron chi connectivity index (χ0n) is 10.3. The third-order valence-electron chi connectivity index (χ3n) is 2.99. The molecule has 0 spiro atoms. The summed E-state index contributed by atoms with van der Waals surface area (Å²) in [5.74, 6) is -0.207. The fraction of sp³-hybridized carbons (Fsp3) is 0.167. The average Bonchev–Trinajstić information content (AvgIpc) is 2.87. The maximum atomic E-state index is 12.0. The van der Waals surface area contributed by atoms with Crippen LogP contribution in [0.25, 0.3) is 0 Å². The molecule has 0 atom stereocenters. The molecule has 0 radical (unpaired) electrons. The number of rotatable bonds is 1. The lowest BCUT2D eigenvalue weighted by atomic mass is 10.0. The van der Waals surface area contributed by atoms with Crippen molar-refractivity contribution in [2.24, 2.45) is 4.99 Å². The summed E-state index contributed by atoms with van der Waals surface area (Å²) in [6.07, 6.45) is 0. The van der Waals surface area contributed by atoms with Gasteiger partial charge in [0, 0.05) is 5.56 Å². The highest BCUT2D eigenvalue weighted by Gasteiger charge is 2.26. The number of aromatic nitrogens is 2. The van der Waals surface area contributed by atoms with Crippen molar-refractivity contribution in [3.8, 4) is 0 Å². The van der Waals surface area contributed by atoms with Crippen LogP contribution in [0.3, 0.4) is 0 Å². The minimum Gasteiger partial charge on any atom is -0.320 e. The predicted octanol–water partition coefficient (Wildman–Crippen LogP) is 2.89. The highest BCUT2D eigenvalue weighted by atomic mass is 32.1. The number of carbonyl (C=O) groups excluding carboxylic acids is 1. The Morgan fingerprint density at radius 1 is 1.32 bits per heavy atom. The molecule has 7 heteroatoms. The van der Waals surface area contributed by atoms with Gasteiger partial charge in [-0.2, -0.15) is 0 Å². The number of anilines is 1. The van der Waals surface area contributed by atoms with Gasteiger partial charge in [0.05, 0.1) is 5.69 Å². The first-order valence-corrected chi connectivity index (χ1v) is 6.84. The minimum absolute atomic E-state index is 0.207. The van der Waals surface area contributed by atoms with Crippen molar-refractivity contribution in [3.63, 3.8) is 0 Å². The van der Waals surface area contributed by atoms with Gasteiger partial charge in [-0.3, -0.25) is 9.89 Å². The van der Waals surface area contributed by atoms with E-state index >= 15 is 0 Å². The molecule has 1 aliphatic heterocycles. The molecule has 19 heavy (non-hydrogen) atoms. The minimum atomic E-state index is -0.207. The number of hydrogen-bond donors (Lipinski definition) is 2. The molecule has 1 aromatic carbocycles. The van der Waals surface area contributed by atoms with Crippen LogP contribution < -0.4 is 5.32 Å². The number of amides is 1. The van der Waals surface area contributed by atoms with Crippen LogP contribution in [0.4, 0.5) is 10.8 Å². The fourth-order valence-electron chi connectivity index (χ4n) is 1.90. The monoisotopic (exact) mass is 290 g/mol. The van der Waals surface area contributed by atoms with Gasteiger partial charge in [-0.25, -0.2) is 4.99 Å². The van der Waals surface area contributed by atoms with E-state index in [1.807, 2.05) is 26.0 Å². The van der Waals surface area contributed by atoms with Crippen LogP contribution in [0.1, 0.15) is 16.7 Å². The summed E-state index contributed by atoms with van der Waals surface area (Å²) in [7, 11) is 0. The maximum absolute atomic E-state index is 12.0. The molecule has 96 valence electrons. The molecule has 1 aliphatic rings. The van der Waals surface area contributed by atoms with Gasteiger partial charge in [0.15, 0.2) is 3.95 Å². The summed E-state index contributed by atoms with van der Waals surface area (Å²) in [6, 6.07) is 3.92. The maximum Gasteiger partial charge on any atom is 0.275 e. The van der Waals surface area contributed by atoms with Gasteiger partial charge in [0.25, 0.3) is 5.91 Å². The predicted molar refractivity (Wildman–Crippen MR) is 78.0 cm³/mol. The van der Waals surface area contributed by atoms with Crippen LogP contribution in [-0.2, 0) is 4.79 Å². The summed E-state index contributed by atoms with van der Waals surface area (Å²) in [5, 5.41) is 9.87.